The zero-order valence-electron chi connectivity index (χ0n) is 11.3. The van der Waals surface area contributed by atoms with Crippen molar-refractivity contribution in [3.8, 4) is 0 Å². The van der Waals surface area contributed by atoms with Crippen LogP contribution in [0.2, 0.25) is 0 Å². The summed E-state index contributed by atoms with van der Waals surface area (Å²) >= 11 is 1.30. The van der Waals surface area contributed by atoms with Crippen LogP contribution in [0.1, 0.15) is 18.5 Å². The lowest BCUT2D eigenvalue weighted by atomic mass is 9.97. The van der Waals surface area contributed by atoms with Crippen molar-refractivity contribution in [3.63, 3.8) is 0 Å². The van der Waals surface area contributed by atoms with Gasteiger partial charge in [-0.1, -0.05) is 23.9 Å². The van der Waals surface area contributed by atoms with Gasteiger partial charge < -0.3 is 15.5 Å². The topological polar surface area (TPSA) is 81.9 Å². The van der Waals surface area contributed by atoms with Gasteiger partial charge >= 0.3 is 5.97 Å². The van der Waals surface area contributed by atoms with E-state index in [2.05, 4.69) is 10.3 Å². The van der Waals surface area contributed by atoms with Crippen molar-refractivity contribution in [1.29, 1.82) is 0 Å². The van der Waals surface area contributed by atoms with Gasteiger partial charge in [0.05, 0.1) is 12.2 Å². The number of carboxylic acids is 1. The molecule has 1 aromatic rings. The molecule has 2 rings (SSSR count). The fourth-order valence-electron chi connectivity index (χ4n) is 2.03. The summed E-state index contributed by atoms with van der Waals surface area (Å²) in [5.41, 5.74) is 1.24. The third-order valence-corrected chi connectivity index (χ3v) is 3.83. The Morgan fingerprint density at radius 2 is 2.10 bits per heavy atom. The molecule has 0 radical (unpaired) electrons. The molecule has 7 heteroatoms. The normalized spacial score (nSPS) is 18.2. The van der Waals surface area contributed by atoms with E-state index in [4.69, 9.17) is 5.11 Å². The minimum atomic E-state index is -1.07. The molecule has 1 aliphatic rings. The number of thioether (sulfide) groups is 1. The Morgan fingerprint density at radius 3 is 2.67 bits per heavy atom. The van der Waals surface area contributed by atoms with Gasteiger partial charge in [-0.15, -0.1) is 0 Å². The van der Waals surface area contributed by atoms with E-state index in [1.807, 2.05) is 0 Å². The predicted octanol–water partition coefficient (Wildman–Crippen LogP) is 1.91. The number of carbonyl (C=O) groups is 1. The third-order valence-electron chi connectivity index (χ3n) is 2.96. The summed E-state index contributed by atoms with van der Waals surface area (Å²) < 4.78 is 13.0. The molecule has 1 atom stereocenters. The van der Waals surface area contributed by atoms with Crippen LogP contribution in [-0.4, -0.2) is 33.7 Å². The minimum absolute atomic E-state index is 0.00112. The molecular formula is C14H15FN2O3S. The van der Waals surface area contributed by atoms with Crippen LogP contribution in [0.25, 0.3) is 0 Å². The van der Waals surface area contributed by atoms with Crippen LogP contribution in [0, 0.1) is 5.82 Å². The van der Waals surface area contributed by atoms with E-state index >= 15 is 0 Å². The molecule has 1 aliphatic heterocycles. The number of hydrogen-bond donors (Lipinski definition) is 3. The number of benzene rings is 1. The van der Waals surface area contributed by atoms with E-state index in [0.29, 0.717) is 22.2 Å². The van der Waals surface area contributed by atoms with Crippen LogP contribution in [0.4, 0.5) is 4.39 Å². The van der Waals surface area contributed by atoms with E-state index in [9.17, 15) is 14.3 Å². The number of halogens is 1. The summed E-state index contributed by atoms with van der Waals surface area (Å²) in [6, 6.07) is 4.92. The number of hydrogen-bond acceptors (Lipinski definition) is 5. The van der Waals surface area contributed by atoms with Gasteiger partial charge in [-0.05, 0) is 24.6 Å². The quantitative estimate of drug-likeness (QED) is 0.791. The number of carboxylic acid groups (broad SMARTS) is 1. The van der Waals surface area contributed by atoms with Crippen LogP contribution in [0.15, 0.2) is 40.5 Å². The number of aliphatic hydroxyl groups excluding tert-OH is 1. The highest BCUT2D eigenvalue weighted by Crippen LogP contribution is 2.32. The van der Waals surface area contributed by atoms with Crippen LogP contribution in [-0.2, 0) is 4.79 Å². The number of nitrogens with zero attached hydrogens (tertiary/aromatic N) is 1. The summed E-state index contributed by atoms with van der Waals surface area (Å²) in [6.45, 7) is 1.66. The standard InChI is InChI=1S/C14H15FN2O3S/c1-8-11(13(19)20)12(9-2-4-10(15)5-3-9)17-14(16-8)21-7-6-18/h2-5,12,18H,6-7H2,1H3,(H,16,17)(H,19,20). The molecule has 0 aliphatic carbocycles. The summed E-state index contributed by atoms with van der Waals surface area (Å²) in [7, 11) is 0. The second-order valence-electron chi connectivity index (χ2n) is 4.43. The molecule has 1 aromatic carbocycles. The number of aliphatic carboxylic acids is 1. The third kappa shape index (κ3) is 3.62. The highest BCUT2D eigenvalue weighted by molar-refractivity contribution is 8.13. The van der Waals surface area contributed by atoms with Gasteiger partial charge in [0.1, 0.15) is 11.9 Å². The van der Waals surface area contributed by atoms with E-state index in [1.54, 1.807) is 6.92 Å². The van der Waals surface area contributed by atoms with Crippen molar-refractivity contribution in [3.05, 3.63) is 46.9 Å². The Balaban J connectivity index is 2.38. The molecule has 0 aromatic heterocycles. The second kappa shape index (κ2) is 6.73. The van der Waals surface area contributed by atoms with E-state index < -0.39 is 12.0 Å². The summed E-state index contributed by atoms with van der Waals surface area (Å²) in [6.07, 6.45) is 0. The first kappa shape index (κ1) is 15.5. The van der Waals surface area contributed by atoms with Crippen LogP contribution in [0.3, 0.4) is 0 Å². The first-order chi connectivity index (χ1) is 10.0. The summed E-state index contributed by atoms with van der Waals surface area (Å²) in [5, 5.41) is 21.7. The van der Waals surface area contributed by atoms with E-state index in [0.717, 1.165) is 0 Å². The van der Waals surface area contributed by atoms with Gasteiger partial charge in [-0.25, -0.2) is 14.2 Å². The van der Waals surface area contributed by atoms with Crippen LogP contribution < -0.4 is 5.32 Å². The highest BCUT2D eigenvalue weighted by Gasteiger charge is 2.29. The number of amidine groups is 1. The van der Waals surface area contributed by atoms with Crippen LogP contribution >= 0.6 is 11.8 Å². The van der Waals surface area contributed by atoms with Gasteiger partial charge in [0, 0.05) is 11.4 Å². The van der Waals surface area contributed by atoms with Gasteiger partial charge in [0.2, 0.25) is 0 Å². The Labute approximate surface area is 125 Å². The average molecular weight is 310 g/mol. The SMILES string of the molecule is CC1=C(C(=O)O)C(c2ccc(F)cc2)N=C(SCCO)N1. The molecule has 1 heterocycles. The minimum Gasteiger partial charge on any atom is -0.478 e. The van der Waals surface area contributed by atoms with Crippen LogP contribution in [0.5, 0.6) is 0 Å². The number of rotatable bonds is 4. The first-order valence-electron chi connectivity index (χ1n) is 6.31. The molecule has 0 saturated carbocycles. The molecule has 1 unspecified atom stereocenters. The fourth-order valence-corrected chi connectivity index (χ4v) is 2.72. The molecule has 0 spiro atoms. The Hall–Kier alpha value is -1.86. The number of aliphatic imine (C=N–C) groups is 1. The maximum Gasteiger partial charge on any atom is 0.335 e. The maximum absolute atomic E-state index is 13.0. The molecule has 5 nitrogen and oxygen atoms in total. The fraction of sp³-hybridized carbons (Fsp3) is 0.286. The highest BCUT2D eigenvalue weighted by atomic mass is 32.2. The maximum atomic E-state index is 13.0. The van der Waals surface area contributed by atoms with Crippen molar-refractivity contribution in [2.75, 3.05) is 12.4 Å². The smallest absolute Gasteiger partial charge is 0.335 e. The average Bonchev–Trinajstić information content (AvgIpc) is 2.44. The van der Waals surface area contributed by atoms with Gasteiger partial charge in [-0.2, -0.15) is 0 Å². The monoisotopic (exact) mass is 310 g/mol. The lowest BCUT2D eigenvalue weighted by Crippen LogP contribution is -2.30. The first-order valence-corrected chi connectivity index (χ1v) is 7.29. The molecule has 0 bridgehead atoms. The Bertz CT molecular complexity index is 599. The zero-order valence-corrected chi connectivity index (χ0v) is 12.2. The molecule has 0 saturated heterocycles. The van der Waals surface area contributed by atoms with Crippen molar-refractivity contribution in [2.24, 2.45) is 4.99 Å². The van der Waals surface area contributed by atoms with Gasteiger partial charge in [-0.3, -0.25) is 0 Å². The molecule has 3 N–H and O–H groups in total. The van der Waals surface area contributed by atoms with Crippen molar-refractivity contribution < 1.29 is 19.4 Å². The second-order valence-corrected chi connectivity index (χ2v) is 5.51. The molecule has 0 fully saturated rings. The lowest BCUT2D eigenvalue weighted by Gasteiger charge is -2.24. The van der Waals surface area contributed by atoms with Crippen molar-refractivity contribution in [2.45, 2.75) is 13.0 Å². The number of nitrogens with one attached hydrogen (secondary N) is 1. The van der Waals surface area contributed by atoms with E-state index in [1.165, 1.54) is 36.0 Å². The Kier molecular flexibility index (Phi) is 4.98. The molecule has 112 valence electrons. The predicted molar refractivity (Wildman–Crippen MR) is 79.6 cm³/mol. The Morgan fingerprint density at radius 1 is 1.43 bits per heavy atom. The number of allylic oxidation sites excluding steroid dienone is 1. The van der Waals surface area contributed by atoms with Gasteiger partial charge in [0.25, 0.3) is 0 Å². The van der Waals surface area contributed by atoms with Crippen molar-refractivity contribution >= 4 is 22.9 Å². The van der Waals surface area contributed by atoms with Crippen molar-refractivity contribution in [1.82, 2.24) is 5.32 Å². The molecule has 21 heavy (non-hydrogen) atoms. The molecule has 0 amide bonds. The number of aliphatic hydroxyl groups is 1. The zero-order chi connectivity index (χ0) is 15.4. The van der Waals surface area contributed by atoms with E-state index in [-0.39, 0.29) is 18.0 Å². The summed E-state index contributed by atoms with van der Waals surface area (Å²) in [4.78, 5) is 15.8. The molecular weight excluding hydrogens is 295 g/mol. The van der Waals surface area contributed by atoms with Gasteiger partial charge in [0.15, 0.2) is 5.17 Å². The summed E-state index contributed by atoms with van der Waals surface area (Å²) in [5.74, 6) is -0.995. The largest absolute Gasteiger partial charge is 0.478 e. The lowest BCUT2D eigenvalue weighted by molar-refractivity contribution is -0.133.